The third-order valence-corrected chi connectivity index (χ3v) is 7.74. The third-order valence-electron chi connectivity index (χ3n) is 7.38. The first-order chi connectivity index (χ1) is 19.4. The predicted octanol–water partition coefficient (Wildman–Crippen LogP) is 5.65. The van der Waals surface area contributed by atoms with Crippen molar-refractivity contribution in [1.29, 1.82) is 5.26 Å². The smallest absolute Gasteiger partial charge is 0.274 e. The molecule has 1 amide bonds. The molecule has 0 spiro atoms. The van der Waals surface area contributed by atoms with Crippen molar-refractivity contribution in [2.24, 2.45) is 5.92 Å². The summed E-state index contributed by atoms with van der Waals surface area (Å²) in [5, 5.41) is 9.68. The number of fused-ring (bicyclic) bond motifs is 1. The van der Waals surface area contributed by atoms with Gasteiger partial charge in [0.05, 0.1) is 42.5 Å². The van der Waals surface area contributed by atoms with Crippen LogP contribution in [0, 0.1) is 23.1 Å². The molecule has 2 saturated heterocycles. The van der Waals surface area contributed by atoms with E-state index in [4.69, 9.17) is 21.7 Å². The van der Waals surface area contributed by atoms with Gasteiger partial charge in [0.1, 0.15) is 16.9 Å². The van der Waals surface area contributed by atoms with E-state index in [0.29, 0.717) is 37.5 Å². The van der Waals surface area contributed by atoms with Gasteiger partial charge in [-0.3, -0.25) is 9.69 Å². The highest BCUT2D eigenvalue weighted by atomic mass is 32.1. The Hall–Kier alpha value is -3.82. The van der Waals surface area contributed by atoms with Gasteiger partial charge in [-0.05, 0) is 56.4 Å². The Morgan fingerprint density at radius 3 is 2.54 bits per heavy atom. The molecule has 2 fully saturated rings. The number of thiocarbonyl (C=S) groups is 1. The lowest BCUT2D eigenvalue weighted by Crippen LogP contribution is -2.44. The van der Waals surface area contributed by atoms with Crippen LogP contribution in [0.15, 0.2) is 30.3 Å². The summed E-state index contributed by atoms with van der Waals surface area (Å²) in [6, 6.07) is 8.40. The largest absolute Gasteiger partial charge is 0.477 e. The molecule has 0 aliphatic carbocycles. The Labute approximate surface area is 240 Å². The van der Waals surface area contributed by atoms with Crippen LogP contribution in [0.4, 0.5) is 24.5 Å². The van der Waals surface area contributed by atoms with E-state index in [-0.39, 0.29) is 39.4 Å². The van der Waals surface area contributed by atoms with Crippen LogP contribution in [0.5, 0.6) is 5.88 Å². The minimum Gasteiger partial charge on any atom is -0.477 e. The maximum atomic E-state index is 15.6. The van der Waals surface area contributed by atoms with Crippen LogP contribution < -0.4 is 14.5 Å². The van der Waals surface area contributed by atoms with Crippen molar-refractivity contribution in [2.45, 2.75) is 52.0 Å². The molecule has 0 N–H and O–H groups in total. The van der Waals surface area contributed by atoms with Gasteiger partial charge in [0.25, 0.3) is 11.8 Å². The van der Waals surface area contributed by atoms with Gasteiger partial charge in [-0.15, -0.1) is 0 Å². The molecule has 2 aromatic carbocycles. The summed E-state index contributed by atoms with van der Waals surface area (Å²) in [5.41, 5.74) is -1.60. The lowest BCUT2D eigenvalue weighted by atomic mass is 9.98. The van der Waals surface area contributed by atoms with E-state index in [2.05, 4.69) is 9.97 Å². The number of anilines is 2. The summed E-state index contributed by atoms with van der Waals surface area (Å²) in [5.74, 6) is -3.61. The summed E-state index contributed by atoms with van der Waals surface area (Å²) in [6.45, 7) is 7.86. The van der Waals surface area contributed by atoms with Gasteiger partial charge in [-0.2, -0.15) is 10.2 Å². The van der Waals surface area contributed by atoms with Crippen LogP contribution in [0.2, 0.25) is 0 Å². The first-order valence-electron chi connectivity index (χ1n) is 13.2. The van der Waals surface area contributed by atoms with Crippen LogP contribution in [0.3, 0.4) is 0 Å². The molecule has 0 unspecified atom stereocenters. The number of ether oxygens (including phenoxy) is 2. The zero-order valence-electron chi connectivity index (χ0n) is 23.0. The van der Waals surface area contributed by atoms with Crippen molar-refractivity contribution in [3.05, 3.63) is 53.1 Å². The average Bonchev–Trinajstić information content (AvgIpc) is 3.10. The van der Waals surface area contributed by atoms with E-state index in [0.717, 1.165) is 11.0 Å². The Bertz CT molecular complexity index is 1600. The van der Waals surface area contributed by atoms with Crippen LogP contribution in [0.25, 0.3) is 10.9 Å². The second-order valence-corrected chi connectivity index (χ2v) is 10.9. The van der Waals surface area contributed by atoms with Crippen molar-refractivity contribution in [3.8, 4) is 11.9 Å². The maximum Gasteiger partial charge on any atom is 0.274 e. The molecule has 0 saturated carbocycles. The molecule has 2 aliphatic heterocycles. The molecule has 1 aromatic heterocycles. The van der Waals surface area contributed by atoms with Gasteiger partial charge in [0.2, 0.25) is 5.88 Å². The molecule has 3 heterocycles. The minimum absolute atomic E-state index is 0.0330. The number of amides is 1. The molecule has 214 valence electrons. The van der Waals surface area contributed by atoms with Gasteiger partial charge in [0.15, 0.2) is 10.9 Å². The quantitative estimate of drug-likeness (QED) is 0.315. The van der Waals surface area contributed by atoms with Gasteiger partial charge in [-0.1, -0.05) is 13.8 Å². The first kappa shape index (κ1) is 28.7. The number of rotatable bonds is 8. The fourth-order valence-corrected chi connectivity index (χ4v) is 5.41. The molecule has 0 atom stereocenters. The lowest BCUT2D eigenvalue weighted by Gasteiger charge is -2.30. The summed E-state index contributed by atoms with van der Waals surface area (Å²) >= 11 is 5.71. The van der Waals surface area contributed by atoms with E-state index >= 15 is 4.39 Å². The molecule has 0 bridgehead atoms. The Kier molecular flexibility index (Phi) is 7.38. The van der Waals surface area contributed by atoms with Gasteiger partial charge in [-0.25, -0.2) is 18.2 Å². The third kappa shape index (κ3) is 4.87. The number of nitrogens with zero attached hydrogens (tertiary/aromatic N) is 5. The number of carbonyl (C=O) groups excluding carboxylic acids is 1. The molecule has 5 rings (SSSR count). The molecule has 3 aromatic rings. The summed E-state index contributed by atoms with van der Waals surface area (Å²) in [6.07, 6.45) is -0.0616. The molecular weight excluding hydrogens is 555 g/mol. The molecule has 2 aliphatic rings. The molecule has 12 heteroatoms. The van der Waals surface area contributed by atoms with Crippen molar-refractivity contribution < 1.29 is 27.4 Å². The van der Waals surface area contributed by atoms with Gasteiger partial charge >= 0.3 is 0 Å². The summed E-state index contributed by atoms with van der Waals surface area (Å²) in [7, 11) is 0. The normalized spacial score (nSPS) is 17.2. The van der Waals surface area contributed by atoms with E-state index < -0.39 is 35.2 Å². The average molecular weight is 584 g/mol. The standard InChI is InChI=1S/C29H28F3N5O3S/c1-5-23-34-24-20(25(35-23)40-15-16-13-39-14-16)9-19(11-22(24)30)37-27(41)36(26(38)28(37,3)4)18-8-7-17(12-33)21(10-18)29(31,32)6-2/h7-11,16H,5-6,13-15H2,1-4H3. The zero-order valence-corrected chi connectivity index (χ0v) is 23.8. The van der Waals surface area contributed by atoms with Crippen molar-refractivity contribution >= 4 is 45.5 Å². The Morgan fingerprint density at radius 2 is 1.93 bits per heavy atom. The molecule has 41 heavy (non-hydrogen) atoms. The van der Waals surface area contributed by atoms with Gasteiger partial charge in [0, 0.05) is 30.0 Å². The first-order valence-corrected chi connectivity index (χ1v) is 13.7. The molecular formula is C29H28F3N5O3S. The fraction of sp³-hybridized carbons (Fsp3) is 0.414. The Morgan fingerprint density at radius 1 is 1.20 bits per heavy atom. The monoisotopic (exact) mass is 583 g/mol. The summed E-state index contributed by atoms with van der Waals surface area (Å²) < 4.78 is 56.3. The molecule has 8 nitrogen and oxygen atoms in total. The van der Waals surface area contributed by atoms with Crippen molar-refractivity contribution in [1.82, 2.24) is 9.97 Å². The highest BCUT2D eigenvalue weighted by Gasteiger charge is 2.51. The SMILES string of the molecule is CCc1nc(OCC2COC2)c2cc(N3C(=S)N(c4ccc(C#N)c(C(F)(F)CC)c4)C(=O)C3(C)C)cc(F)c2n1. The second-order valence-electron chi connectivity index (χ2n) is 10.6. The molecule has 0 radical (unpaired) electrons. The number of aryl methyl sites for hydroxylation is 1. The van der Waals surface area contributed by atoms with E-state index in [1.807, 2.05) is 6.92 Å². The van der Waals surface area contributed by atoms with E-state index in [1.54, 1.807) is 26.0 Å². The van der Waals surface area contributed by atoms with Crippen LogP contribution in [0.1, 0.15) is 51.1 Å². The Balaban J connectivity index is 1.59. The number of benzene rings is 2. The number of halogens is 3. The minimum atomic E-state index is -3.29. The van der Waals surface area contributed by atoms with E-state index in [9.17, 15) is 18.8 Å². The van der Waals surface area contributed by atoms with Crippen LogP contribution >= 0.6 is 12.2 Å². The highest BCUT2D eigenvalue weighted by Crippen LogP contribution is 2.41. The van der Waals surface area contributed by atoms with Crippen LogP contribution in [-0.4, -0.2) is 46.3 Å². The zero-order chi connectivity index (χ0) is 29.7. The number of aromatic nitrogens is 2. The fourth-order valence-electron chi connectivity index (χ4n) is 4.89. The predicted molar refractivity (Wildman–Crippen MR) is 151 cm³/mol. The lowest BCUT2D eigenvalue weighted by molar-refractivity contribution is -0.120. The number of carbonyl (C=O) groups is 1. The second kappa shape index (κ2) is 10.5. The van der Waals surface area contributed by atoms with Crippen molar-refractivity contribution in [3.63, 3.8) is 0 Å². The summed E-state index contributed by atoms with van der Waals surface area (Å²) in [4.78, 5) is 25.2. The number of hydrogen-bond donors (Lipinski definition) is 0. The van der Waals surface area contributed by atoms with E-state index in [1.165, 1.54) is 30.0 Å². The maximum absolute atomic E-state index is 15.6. The topological polar surface area (TPSA) is 91.6 Å². The number of alkyl halides is 2. The van der Waals surface area contributed by atoms with Gasteiger partial charge < -0.3 is 14.4 Å². The number of hydrogen-bond acceptors (Lipinski definition) is 7. The van der Waals surface area contributed by atoms with Crippen molar-refractivity contribution in [2.75, 3.05) is 29.6 Å². The van der Waals surface area contributed by atoms with Crippen LogP contribution in [-0.2, 0) is 21.9 Å². The number of nitriles is 1. The highest BCUT2D eigenvalue weighted by molar-refractivity contribution is 7.81.